The molecule has 0 bridgehead atoms. The minimum atomic E-state index is 0.0380. The first-order valence-corrected chi connectivity index (χ1v) is 10.6. The Morgan fingerprint density at radius 3 is 2.79 bits per heavy atom. The van der Waals surface area contributed by atoms with Crippen molar-refractivity contribution in [1.82, 2.24) is 4.98 Å². The molecule has 3 rings (SSSR count). The number of rotatable bonds is 6. The van der Waals surface area contributed by atoms with Crippen LogP contribution in [0.5, 0.6) is 0 Å². The summed E-state index contributed by atoms with van der Waals surface area (Å²) in [4.78, 5) is 22.8. The molecular weight excluding hydrogens is 358 g/mol. The van der Waals surface area contributed by atoms with Crippen LogP contribution in [0.3, 0.4) is 0 Å². The molecule has 1 amide bonds. The number of benzene rings is 1. The Kier molecular flexibility index (Phi) is 5.55. The first kappa shape index (κ1) is 17.4. The summed E-state index contributed by atoms with van der Waals surface area (Å²) in [6.45, 7) is 1.54. The van der Waals surface area contributed by atoms with E-state index in [1.807, 2.05) is 28.5 Å². The predicted molar refractivity (Wildman–Crippen MR) is 105 cm³/mol. The fourth-order valence-corrected chi connectivity index (χ4v) is 4.66. The van der Waals surface area contributed by atoms with E-state index in [4.69, 9.17) is 4.98 Å². The fourth-order valence-electron chi connectivity index (χ4n) is 2.34. The van der Waals surface area contributed by atoms with E-state index < -0.39 is 0 Å². The van der Waals surface area contributed by atoms with Gasteiger partial charge in [-0.3, -0.25) is 9.69 Å². The van der Waals surface area contributed by atoms with Crippen molar-refractivity contribution in [3.05, 3.63) is 40.6 Å². The molecule has 0 fully saturated rings. The molecule has 0 radical (unpaired) electrons. The Balaban J connectivity index is 2.00. The lowest BCUT2D eigenvalue weighted by Gasteiger charge is -2.19. The van der Waals surface area contributed by atoms with E-state index in [9.17, 15) is 4.79 Å². The molecule has 0 saturated heterocycles. The van der Waals surface area contributed by atoms with Gasteiger partial charge >= 0.3 is 0 Å². The molecule has 7 heteroatoms. The molecule has 126 valence electrons. The van der Waals surface area contributed by atoms with Gasteiger partial charge in [0.15, 0.2) is 5.13 Å². The smallest absolute Gasteiger partial charge is 0.270 e. The second-order valence-corrected chi connectivity index (χ2v) is 8.50. The van der Waals surface area contributed by atoms with Crippen molar-refractivity contribution in [1.29, 1.82) is 0 Å². The normalized spacial score (nSPS) is 11.3. The summed E-state index contributed by atoms with van der Waals surface area (Å²) in [5, 5.41) is 2.72. The maximum Gasteiger partial charge on any atom is 0.270 e. The molecule has 1 aromatic carbocycles. The number of thiazole rings is 1. The Bertz CT molecular complexity index is 827. The summed E-state index contributed by atoms with van der Waals surface area (Å²) in [7, 11) is 4.19. The summed E-state index contributed by atoms with van der Waals surface area (Å²) in [5.74, 6) is 0.0380. The fraction of sp³-hybridized carbons (Fsp3) is 0.294. The van der Waals surface area contributed by atoms with Gasteiger partial charge in [0.25, 0.3) is 5.91 Å². The molecule has 0 unspecified atom stereocenters. The third-order valence-corrected chi connectivity index (χ3v) is 6.30. The van der Waals surface area contributed by atoms with Crippen LogP contribution in [0.25, 0.3) is 10.2 Å². The van der Waals surface area contributed by atoms with E-state index >= 15 is 0 Å². The monoisotopic (exact) mass is 378 g/mol. The third kappa shape index (κ3) is 3.64. The first-order valence-electron chi connectivity index (χ1n) is 7.68. The van der Waals surface area contributed by atoms with Crippen molar-refractivity contribution in [3.8, 4) is 0 Å². The second kappa shape index (κ2) is 7.65. The molecule has 1 N–H and O–H groups in total. The lowest BCUT2D eigenvalue weighted by molar-refractivity contribution is -0.856. The quantitative estimate of drug-likeness (QED) is 0.670. The van der Waals surface area contributed by atoms with Gasteiger partial charge in [0, 0.05) is 4.90 Å². The predicted octanol–water partition coefficient (Wildman–Crippen LogP) is 2.87. The topological polar surface area (TPSA) is 37.6 Å². The number of thiophene rings is 1. The van der Waals surface area contributed by atoms with Gasteiger partial charge in [-0.2, -0.15) is 0 Å². The van der Waals surface area contributed by atoms with Crippen LogP contribution in [0, 0.1) is 0 Å². The number of thioether (sulfide) groups is 1. The van der Waals surface area contributed by atoms with Gasteiger partial charge in [-0.05, 0) is 29.8 Å². The highest BCUT2D eigenvalue weighted by Gasteiger charge is 2.23. The van der Waals surface area contributed by atoms with Crippen molar-refractivity contribution < 1.29 is 9.69 Å². The van der Waals surface area contributed by atoms with Crippen molar-refractivity contribution in [3.63, 3.8) is 0 Å². The summed E-state index contributed by atoms with van der Waals surface area (Å²) < 4.78 is 1.12. The van der Waals surface area contributed by atoms with E-state index in [-0.39, 0.29) is 5.91 Å². The first-order chi connectivity index (χ1) is 11.6. The van der Waals surface area contributed by atoms with E-state index in [1.165, 1.54) is 16.2 Å². The summed E-state index contributed by atoms with van der Waals surface area (Å²) in [6.07, 6.45) is 2.05. The number of nitrogens with one attached hydrogen (secondary N) is 1. The van der Waals surface area contributed by atoms with Crippen LogP contribution in [0.15, 0.2) is 40.6 Å². The van der Waals surface area contributed by atoms with Crippen molar-refractivity contribution in [2.24, 2.45) is 0 Å². The molecule has 0 aliphatic rings. The zero-order valence-electron chi connectivity index (χ0n) is 13.9. The van der Waals surface area contributed by atoms with Crippen LogP contribution in [-0.4, -0.2) is 44.3 Å². The van der Waals surface area contributed by atoms with Gasteiger partial charge in [-0.25, -0.2) is 4.98 Å². The molecule has 0 aliphatic carbocycles. The SMILES string of the molecule is CSc1cccc2sc(N(CC[NH+](C)C)C(=O)c3cccs3)nc12. The van der Waals surface area contributed by atoms with Crippen molar-refractivity contribution >= 4 is 55.7 Å². The number of likely N-dealkylation sites (N-methyl/N-ethyl adjacent to an activating group) is 1. The van der Waals surface area contributed by atoms with Crippen molar-refractivity contribution in [2.45, 2.75) is 4.90 Å². The number of amides is 1. The van der Waals surface area contributed by atoms with Crippen LogP contribution in [0.4, 0.5) is 5.13 Å². The van der Waals surface area contributed by atoms with Gasteiger partial charge in [-0.15, -0.1) is 23.1 Å². The zero-order valence-corrected chi connectivity index (χ0v) is 16.4. The second-order valence-electron chi connectivity index (χ2n) is 5.69. The largest absolute Gasteiger partial charge is 0.338 e. The molecule has 0 saturated carbocycles. The number of anilines is 1. The van der Waals surface area contributed by atoms with Crippen LogP contribution in [0.2, 0.25) is 0 Å². The van der Waals surface area contributed by atoms with Gasteiger partial charge < -0.3 is 4.90 Å². The highest BCUT2D eigenvalue weighted by atomic mass is 32.2. The number of para-hydroxylation sites is 1. The number of hydrogen-bond donors (Lipinski definition) is 1. The number of hydrogen-bond acceptors (Lipinski definition) is 5. The van der Waals surface area contributed by atoms with Gasteiger partial charge in [0.2, 0.25) is 0 Å². The van der Waals surface area contributed by atoms with E-state index in [1.54, 1.807) is 23.1 Å². The summed E-state index contributed by atoms with van der Waals surface area (Å²) >= 11 is 4.75. The standard InChI is InChI=1S/C17H19N3OS3/c1-19(2)9-10-20(16(21)14-8-5-11-23-14)17-18-15-12(22-3)6-4-7-13(15)24-17/h4-8,11H,9-10H2,1-3H3/p+1. The summed E-state index contributed by atoms with van der Waals surface area (Å²) in [5.41, 5.74) is 0.992. The molecule has 0 atom stereocenters. The lowest BCUT2D eigenvalue weighted by Crippen LogP contribution is -3.06. The number of aromatic nitrogens is 1. The highest BCUT2D eigenvalue weighted by molar-refractivity contribution is 7.98. The number of quaternary nitrogens is 1. The minimum absolute atomic E-state index is 0.0380. The van der Waals surface area contributed by atoms with Gasteiger partial charge in [0.05, 0.1) is 42.3 Å². The Labute approximate surface area is 154 Å². The third-order valence-electron chi connectivity index (χ3n) is 3.63. The molecule has 4 nitrogen and oxygen atoms in total. The molecule has 2 aromatic heterocycles. The Morgan fingerprint density at radius 1 is 1.29 bits per heavy atom. The van der Waals surface area contributed by atoms with E-state index in [0.717, 1.165) is 31.7 Å². The lowest BCUT2D eigenvalue weighted by atomic mass is 10.3. The average Bonchev–Trinajstić information content (AvgIpc) is 3.23. The number of carbonyl (C=O) groups is 1. The zero-order chi connectivity index (χ0) is 17.1. The summed E-state index contributed by atoms with van der Waals surface area (Å²) in [6, 6.07) is 9.99. The molecule has 0 spiro atoms. The molecule has 0 aliphatic heterocycles. The number of nitrogens with zero attached hydrogens (tertiary/aromatic N) is 2. The molecular formula is C17H20N3OS3+. The molecule has 3 aromatic rings. The molecule has 2 heterocycles. The van der Waals surface area contributed by atoms with Crippen LogP contribution in [0.1, 0.15) is 9.67 Å². The van der Waals surface area contributed by atoms with Crippen molar-refractivity contribution in [2.75, 3.05) is 38.3 Å². The molecule has 24 heavy (non-hydrogen) atoms. The van der Waals surface area contributed by atoms with Gasteiger partial charge in [-0.1, -0.05) is 23.5 Å². The average molecular weight is 379 g/mol. The van der Waals surface area contributed by atoms with E-state index in [2.05, 4.69) is 32.5 Å². The van der Waals surface area contributed by atoms with Gasteiger partial charge in [0.1, 0.15) is 0 Å². The highest BCUT2D eigenvalue weighted by Crippen LogP contribution is 2.34. The van der Waals surface area contributed by atoms with E-state index in [0.29, 0.717) is 6.54 Å². The maximum atomic E-state index is 12.9. The Morgan fingerprint density at radius 2 is 2.12 bits per heavy atom. The maximum absolute atomic E-state index is 12.9. The number of fused-ring (bicyclic) bond motifs is 1. The van der Waals surface area contributed by atoms with Crippen LogP contribution >= 0.6 is 34.4 Å². The Hall–Kier alpha value is -1.41. The minimum Gasteiger partial charge on any atom is -0.338 e. The van der Waals surface area contributed by atoms with Crippen LogP contribution in [-0.2, 0) is 0 Å². The van der Waals surface area contributed by atoms with Crippen LogP contribution < -0.4 is 9.80 Å². The number of carbonyl (C=O) groups excluding carboxylic acids is 1.